The largest absolute Gasteiger partial charge is 0.460 e. The van der Waals surface area contributed by atoms with Gasteiger partial charge in [-0.2, -0.15) is 0 Å². The molecule has 0 atom stereocenters. The van der Waals surface area contributed by atoms with Crippen molar-refractivity contribution in [2.75, 3.05) is 11.5 Å². The topological polar surface area (TPSA) is 70.5 Å². The van der Waals surface area contributed by atoms with Crippen LogP contribution >= 0.6 is 0 Å². The lowest BCUT2D eigenvalue weighted by molar-refractivity contribution is 0.424. The van der Waals surface area contributed by atoms with E-state index >= 15 is 0 Å². The Bertz CT molecular complexity index is 581. The maximum absolute atomic E-state index is 5.81. The van der Waals surface area contributed by atoms with Gasteiger partial charge in [0.2, 0.25) is 0 Å². The Morgan fingerprint density at radius 1 is 0.750 bits per heavy atom. The second kappa shape index (κ2) is 6.02. The zero-order chi connectivity index (χ0) is 14.5. The van der Waals surface area contributed by atoms with E-state index in [0.717, 1.165) is 11.1 Å². The first-order valence-electron chi connectivity index (χ1n) is 6.27. The Kier molecular flexibility index (Phi) is 4.15. The first-order valence-corrected chi connectivity index (χ1v) is 6.27. The summed E-state index contributed by atoms with van der Waals surface area (Å²) in [5.74, 6) is 1.20. The van der Waals surface area contributed by atoms with Gasteiger partial charge >= 0.3 is 0 Å². The molecule has 0 saturated heterocycles. The molecule has 0 unspecified atom stereocenters. The molecule has 0 saturated carbocycles. The fraction of sp³-hybridized carbons (Fsp3) is 0.125. The number of nitrogen functional groups attached to an aromatic ring is 2. The van der Waals surface area contributed by atoms with Crippen molar-refractivity contribution in [3.63, 3.8) is 0 Å². The summed E-state index contributed by atoms with van der Waals surface area (Å²) in [5.41, 5.74) is 14.9. The second-order valence-corrected chi connectivity index (χ2v) is 4.59. The Morgan fingerprint density at radius 3 is 1.55 bits per heavy atom. The summed E-state index contributed by atoms with van der Waals surface area (Å²) >= 11 is 0. The Morgan fingerprint density at radius 2 is 1.15 bits per heavy atom. The van der Waals surface area contributed by atoms with Gasteiger partial charge in [-0.3, -0.25) is 0 Å². The number of hydrogen-bond acceptors (Lipinski definition) is 4. The van der Waals surface area contributed by atoms with Gasteiger partial charge in [-0.25, -0.2) is 0 Å². The van der Waals surface area contributed by atoms with Gasteiger partial charge in [-0.1, -0.05) is 12.1 Å². The SMILES string of the molecule is Cc1ccc(N)c(OC=COc2cc(C)ccc2N)c1. The molecule has 0 spiro atoms. The van der Waals surface area contributed by atoms with Crippen LogP contribution in [0.5, 0.6) is 11.5 Å². The van der Waals surface area contributed by atoms with E-state index in [1.807, 2.05) is 38.1 Å². The van der Waals surface area contributed by atoms with Crippen LogP contribution in [0.4, 0.5) is 11.4 Å². The summed E-state index contributed by atoms with van der Waals surface area (Å²) in [6.07, 6.45) is 2.87. The molecular weight excluding hydrogens is 252 g/mol. The van der Waals surface area contributed by atoms with E-state index in [0.29, 0.717) is 22.9 Å². The molecule has 0 aliphatic rings. The van der Waals surface area contributed by atoms with E-state index in [1.54, 1.807) is 12.1 Å². The maximum Gasteiger partial charge on any atom is 0.149 e. The molecule has 104 valence electrons. The van der Waals surface area contributed by atoms with Gasteiger partial charge in [0.1, 0.15) is 24.0 Å². The van der Waals surface area contributed by atoms with Crippen molar-refractivity contribution >= 4 is 11.4 Å². The first-order chi connectivity index (χ1) is 9.56. The van der Waals surface area contributed by atoms with E-state index in [1.165, 1.54) is 12.5 Å². The summed E-state index contributed by atoms with van der Waals surface area (Å²) < 4.78 is 10.9. The number of ether oxygens (including phenoxy) is 2. The molecule has 2 aromatic carbocycles. The lowest BCUT2D eigenvalue weighted by Crippen LogP contribution is -1.94. The molecule has 0 aromatic heterocycles. The van der Waals surface area contributed by atoms with Gasteiger partial charge in [0.15, 0.2) is 0 Å². The van der Waals surface area contributed by atoms with E-state index in [4.69, 9.17) is 20.9 Å². The van der Waals surface area contributed by atoms with Gasteiger partial charge in [-0.15, -0.1) is 0 Å². The van der Waals surface area contributed by atoms with Crippen LogP contribution in [0.3, 0.4) is 0 Å². The van der Waals surface area contributed by atoms with E-state index < -0.39 is 0 Å². The highest BCUT2D eigenvalue weighted by molar-refractivity contribution is 5.55. The molecule has 4 heteroatoms. The van der Waals surface area contributed by atoms with Crippen molar-refractivity contribution < 1.29 is 9.47 Å². The maximum atomic E-state index is 5.81. The van der Waals surface area contributed by atoms with Crippen LogP contribution in [0, 0.1) is 13.8 Å². The molecule has 4 nitrogen and oxygen atoms in total. The smallest absolute Gasteiger partial charge is 0.149 e. The van der Waals surface area contributed by atoms with Gasteiger partial charge < -0.3 is 20.9 Å². The monoisotopic (exact) mass is 270 g/mol. The molecule has 0 aliphatic carbocycles. The second-order valence-electron chi connectivity index (χ2n) is 4.59. The van der Waals surface area contributed by atoms with E-state index in [-0.39, 0.29) is 0 Å². The first kappa shape index (κ1) is 13.8. The highest BCUT2D eigenvalue weighted by Crippen LogP contribution is 2.24. The molecule has 0 fully saturated rings. The zero-order valence-electron chi connectivity index (χ0n) is 11.6. The highest BCUT2D eigenvalue weighted by Gasteiger charge is 2.00. The molecule has 2 aromatic rings. The molecule has 20 heavy (non-hydrogen) atoms. The molecule has 0 bridgehead atoms. The summed E-state index contributed by atoms with van der Waals surface area (Å²) in [6.45, 7) is 3.94. The Balaban J connectivity index is 2.00. The van der Waals surface area contributed by atoms with Gasteiger partial charge in [0, 0.05) is 0 Å². The number of benzene rings is 2. The summed E-state index contributed by atoms with van der Waals surface area (Å²) in [6, 6.07) is 11.2. The van der Waals surface area contributed by atoms with Crippen LogP contribution in [-0.4, -0.2) is 0 Å². The van der Waals surface area contributed by atoms with E-state index in [9.17, 15) is 0 Å². The molecule has 4 N–H and O–H groups in total. The molecule has 0 amide bonds. The number of hydrogen-bond donors (Lipinski definition) is 2. The average molecular weight is 270 g/mol. The number of aryl methyl sites for hydroxylation is 2. The normalized spacial score (nSPS) is 10.7. The minimum absolute atomic E-state index is 0.579. The van der Waals surface area contributed by atoms with Crippen LogP contribution in [0.2, 0.25) is 0 Å². The fourth-order valence-corrected chi connectivity index (χ4v) is 1.69. The van der Waals surface area contributed by atoms with Crippen LogP contribution in [0.1, 0.15) is 11.1 Å². The minimum atomic E-state index is 0.579. The van der Waals surface area contributed by atoms with Crippen molar-refractivity contribution in [2.45, 2.75) is 13.8 Å². The Labute approximate surface area is 118 Å². The molecular formula is C16H18N2O2. The van der Waals surface area contributed by atoms with Gasteiger partial charge in [0.05, 0.1) is 11.4 Å². The predicted molar refractivity (Wildman–Crippen MR) is 81.6 cm³/mol. The lowest BCUT2D eigenvalue weighted by Gasteiger charge is -2.07. The third-order valence-electron chi connectivity index (χ3n) is 2.78. The average Bonchev–Trinajstić information content (AvgIpc) is 2.42. The van der Waals surface area contributed by atoms with Crippen LogP contribution < -0.4 is 20.9 Å². The van der Waals surface area contributed by atoms with Gasteiger partial charge in [0.25, 0.3) is 0 Å². The van der Waals surface area contributed by atoms with Crippen LogP contribution in [0.15, 0.2) is 48.9 Å². The minimum Gasteiger partial charge on any atom is -0.460 e. The summed E-state index contributed by atoms with van der Waals surface area (Å²) in [7, 11) is 0. The molecule has 0 aliphatic heterocycles. The number of rotatable bonds is 4. The third kappa shape index (κ3) is 3.45. The third-order valence-corrected chi connectivity index (χ3v) is 2.78. The quantitative estimate of drug-likeness (QED) is 0.660. The molecule has 0 heterocycles. The van der Waals surface area contributed by atoms with E-state index in [2.05, 4.69) is 0 Å². The fourth-order valence-electron chi connectivity index (χ4n) is 1.69. The van der Waals surface area contributed by atoms with Crippen molar-refractivity contribution in [3.8, 4) is 11.5 Å². The van der Waals surface area contributed by atoms with Crippen LogP contribution in [-0.2, 0) is 0 Å². The standard InChI is InChI=1S/C16H18N2O2/c1-11-3-5-13(17)15(9-11)19-7-8-20-16-10-12(2)4-6-14(16)18/h3-10H,17-18H2,1-2H3. The van der Waals surface area contributed by atoms with Crippen molar-refractivity contribution in [3.05, 3.63) is 60.0 Å². The summed E-state index contributed by atoms with van der Waals surface area (Å²) in [5, 5.41) is 0. The van der Waals surface area contributed by atoms with Gasteiger partial charge in [-0.05, 0) is 49.2 Å². The summed E-state index contributed by atoms with van der Waals surface area (Å²) in [4.78, 5) is 0. The number of anilines is 2. The van der Waals surface area contributed by atoms with Crippen LogP contribution in [0.25, 0.3) is 0 Å². The highest BCUT2D eigenvalue weighted by atomic mass is 16.5. The molecule has 2 rings (SSSR count). The molecule has 0 radical (unpaired) electrons. The van der Waals surface area contributed by atoms with Crippen molar-refractivity contribution in [2.24, 2.45) is 0 Å². The predicted octanol–water partition coefficient (Wildman–Crippen LogP) is 3.40. The number of nitrogens with two attached hydrogens (primary N) is 2. The zero-order valence-corrected chi connectivity index (χ0v) is 11.6. The van der Waals surface area contributed by atoms with Crippen molar-refractivity contribution in [1.29, 1.82) is 0 Å². The lowest BCUT2D eigenvalue weighted by atomic mass is 10.2. The van der Waals surface area contributed by atoms with Crippen molar-refractivity contribution in [1.82, 2.24) is 0 Å². The Hall–Kier alpha value is -2.62.